The zero-order chi connectivity index (χ0) is 19.1. The summed E-state index contributed by atoms with van der Waals surface area (Å²) < 4.78 is 10.9. The monoisotopic (exact) mass is 362 g/mol. The van der Waals surface area contributed by atoms with Crippen LogP contribution in [0.4, 0.5) is 5.82 Å². The molecule has 1 N–H and O–H groups in total. The van der Waals surface area contributed by atoms with Gasteiger partial charge in [0.15, 0.2) is 0 Å². The molecule has 3 aromatic heterocycles. The van der Waals surface area contributed by atoms with E-state index in [1.54, 1.807) is 18.4 Å². The van der Waals surface area contributed by atoms with Crippen LogP contribution in [0.2, 0.25) is 0 Å². The maximum absolute atomic E-state index is 12.4. The molecule has 0 saturated carbocycles. The number of aryl methyl sites for hydroxylation is 3. The molecule has 0 bridgehead atoms. The third kappa shape index (κ3) is 3.10. The SMILES string of the molecule is Cc1cccc(NC(=O)Cc2c(C)c3cc4c(C)coc4cc3oc2=O)n1. The van der Waals surface area contributed by atoms with E-state index in [1.807, 2.05) is 39.0 Å². The molecular weight excluding hydrogens is 344 g/mol. The van der Waals surface area contributed by atoms with Crippen molar-refractivity contribution in [2.45, 2.75) is 27.2 Å². The number of hydrogen-bond donors (Lipinski definition) is 1. The van der Waals surface area contributed by atoms with Gasteiger partial charge in [-0.1, -0.05) is 6.07 Å². The number of hydrogen-bond acceptors (Lipinski definition) is 5. The number of amides is 1. The van der Waals surface area contributed by atoms with Crippen LogP contribution in [0.25, 0.3) is 21.9 Å². The average molecular weight is 362 g/mol. The van der Waals surface area contributed by atoms with Gasteiger partial charge in [-0.15, -0.1) is 0 Å². The van der Waals surface area contributed by atoms with Crippen LogP contribution in [0.15, 0.2) is 50.2 Å². The summed E-state index contributed by atoms with van der Waals surface area (Å²) in [5, 5.41) is 4.47. The van der Waals surface area contributed by atoms with E-state index in [-0.39, 0.29) is 12.3 Å². The number of aromatic nitrogens is 1. The van der Waals surface area contributed by atoms with Gasteiger partial charge in [-0.2, -0.15) is 0 Å². The van der Waals surface area contributed by atoms with Gasteiger partial charge >= 0.3 is 5.63 Å². The van der Waals surface area contributed by atoms with Gasteiger partial charge < -0.3 is 14.2 Å². The van der Waals surface area contributed by atoms with E-state index in [0.717, 1.165) is 27.6 Å². The Balaban J connectivity index is 1.72. The maximum atomic E-state index is 12.4. The second kappa shape index (κ2) is 6.39. The van der Waals surface area contributed by atoms with Crippen LogP contribution in [0, 0.1) is 20.8 Å². The zero-order valence-corrected chi connectivity index (χ0v) is 15.3. The Morgan fingerprint density at radius 2 is 1.93 bits per heavy atom. The molecule has 6 nitrogen and oxygen atoms in total. The molecule has 0 unspecified atom stereocenters. The number of benzene rings is 1. The molecule has 0 spiro atoms. The van der Waals surface area contributed by atoms with Crippen LogP contribution in [-0.4, -0.2) is 10.9 Å². The Morgan fingerprint density at radius 1 is 1.11 bits per heavy atom. The summed E-state index contributed by atoms with van der Waals surface area (Å²) >= 11 is 0. The standard InChI is InChI=1S/C21H18N2O4/c1-11-10-26-17-9-18-15(7-14(11)17)13(3)16(21(25)27-18)8-20(24)23-19-6-4-5-12(2)22-19/h4-7,9-10H,8H2,1-3H3,(H,22,23,24). The van der Waals surface area contributed by atoms with Crippen molar-refractivity contribution in [2.75, 3.05) is 5.32 Å². The first kappa shape index (κ1) is 17.0. The van der Waals surface area contributed by atoms with Gasteiger partial charge in [0.05, 0.1) is 18.2 Å². The second-order valence-corrected chi connectivity index (χ2v) is 6.65. The highest BCUT2D eigenvalue weighted by Crippen LogP contribution is 2.28. The smallest absolute Gasteiger partial charge is 0.340 e. The number of nitrogens with one attached hydrogen (secondary N) is 1. The summed E-state index contributed by atoms with van der Waals surface area (Å²) in [6.07, 6.45) is 1.59. The fourth-order valence-corrected chi connectivity index (χ4v) is 3.20. The first-order chi connectivity index (χ1) is 12.9. The molecule has 1 aromatic carbocycles. The third-order valence-electron chi connectivity index (χ3n) is 4.67. The Bertz CT molecular complexity index is 1250. The molecule has 6 heteroatoms. The second-order valence-electron chi connectivity index (χ2n) is 6.65. The largest absolute Gasteiger partial charge is 0.464 e. The van der Waals surface area contributed by atoms with E-state index in [2.05, 4.69) is 10.3 Å². The number of rotatable bonds is 3. The summed E-state index contributed by atoms with van der Waals surface area (Å²) in [6.45, 7) is 5.62. The Hall–Kier alpha value is -3.41. The van der Waals surface area contributed by atoms with Crippen molar-refractivity contribution in [3.05, 3.63) is 69.4 Å². The quantitative estimate of drug-likeness (QED) is 0.556. The number of pyridine rings is 1. The van der Waals surface area contributed by atoms with Crippen LogP contribution in [-0.2, 0) is 11.2 Å². The normalized spacial score (nSPS) is 11.2. The Morgan fingerprint density at radius 3 is 2.70 bits per heavy atom. The molecule has 27 heavy (non-hydrogen) atoms. The van der Waals surface area contributed by atoms with Crippen LogP contribution in [0.5, 0.6) is 0 Å². The molecule has 0 fully saturated rings. The van der Waals surface area contributed by atoms with E-state index in [0.29, 0.717) is 22.5 Å². The molecule has 4 aromatic rings. The summed E-state index contributed by atoms with van der Waals surface area (Å²) in [6, 6.07) is 9.01. The van der Waals surface area contributed by atoms with Crippen LogP contribution >= 0.6 is 0 Å². The fourth-order valence-electron chi connectivity index (χ4n) is 3.20. The molecule has 136 valence electrons. The van der Waals surface area contributed by atoms with Crippen molar-refractivity contribution in [1.82, 2.24) is 4.98 Å². The van der Waals surface area contributed by atoms with Gasteiger partial charge in [0, 0.05) is 22.5 Å². The number of carbonyl (C=O) groups excluding carboxylic acids is 1. The van der Waals surface area contributed by atoms with E-state index in [1.165, 1.54) is 0 Å². The number of anilines is 1. The van der Waals surface area contributed by atoms with Gasteiger partial charge in [-0.3, -0.25) is 4.79 Å². The predicted octanol–water partition coefficient (Wildman–Crippen LogP) is 4.04. The highest BCUT2D eigenvalue weighted by molar-refractivity contribution is 5.97. The highest BCUT2D eigenvalue weighted by atomic mass is 16.4. The molecule has 1 amide bonds. The lowest BCUT2D eigenvalue weighted by Crippen LogP contribution is -2.21. The predicted molar refractivity (Wildman–Crippen MR) is 103 cm³/mol. The molecule has 0 radical (unpaired) electrons. The fraction of sp³-hybridized carbons (Fsp3) is 0.190. The molecule has 0 saturated heterocycles. The van der Waals surface area contributed by atoms with E-state index in [9.17, 15) is 9.59 Å². The van der Waals surface area contributed by atoms with Gasteiger partial charge in [0.1, 0.15) is 17.0 Å². The lowest BCUT2D eigenvalue weighted by atomic mass is 10.0. The van der Waals surface area contributed by atoms with Gasteiger partial charge in [0.25, 0.3) is 0 Å². The van der Waals surface area contributed by atoms with Crippen LogP contribution in [0.1, 0.15) is 22.4 Å². The van der Waals surface area contributed by atoms with Crippen molar-refractivity contribution in [2.24, 2.45) is 0 Å². The molecule has 0 aliphatic heterocycles. The van der Waals surface area contributed by atoms with Crippen LogP contribution < -0.4 is 10.9 Å². The third-order valence-corrected chi connectivity index (χ3v) is 4.67. The number of nitrogens with zero attached hydrogens (tertiary/aromatic N) is 1. The molecule has 0 aliphatic carbocycles. The maximum Gasteiger partial charge on any atom is 0.340 e. The average Bonchev–Trinajstić information content (AvgIpc) is 2.97. The van der Waals surface area contributed by atoms with Crippen molar-refractivity contribution < 1.29 is 13.6 Å². The Kier molecular flexibility index (Phi) is 4.03. The van der Waals surface area contributed by atoms with E-state index < -0.39 is 5.63 Å². The molecule has 0 atom stereocenters. The van der Waals surface area contributed by atoms with Crippen molar-refractivity contribution in [3.8, 4) is 0 Å². The summed E-state index contributed by atoms with van der Waals surface area (Å²) in [4.78, 5) is 29.1. The zero-order valence-electron chi connectivity index (χ0n) is 15.3. The van der Waals surface area contributed by atoms with Crippen molar-refractivity contribution in [3.63, 3.8) is 0 Å². The summed E-state index contributed by atoms with van der Waals surface area (Å²) in [5.74, 6) is 0.141. The minimum absolute atomic E-state index is 0.0812. The minimum atomic E-state index is -0.519. The lowest BCUT2D eigenvalue weighted by Gasteiger charge is -2.09. The molecular formula is C21H18N2O4. The van der Waals surface area contributed by atoms with Gasteiger partial charge in [-0.25, -0.2) is 9.78 Å². The number of fused-ring (bicyclic) bond motifs is 2. The summed E-state index contributed by atoms with van der Waals surface area (Å²) in [7, 11) is 0. The topological polar surface area (TPSA) is 85.3 Å². The highest BCUT2D eigenvalue weighted by Gasteiger charge is 2.17. The molecule has 4 rings (SSSR count). The number of carbonyl (C=O) groups is 1. The first-order valence-corrected chi connectivity index (χ1v) is 8.60. The molecule has 3 heterocycles. The lowest BCUT2D eigenvalue weighted by molar-refractivity contribution is -0.115. The number of furan rings is 1. The van der Waals surface area contributed by atoms with Gasteiger partial charge in [0.2, 0.25) is 5.91 Å². The van der Waals surface area contributed by atoms with Crippen LogP contribution in [0.3, 0.4) is 0 Å². The van der Waals surface area contributed by atoms with Gasteiger partial charge in [-0.05, 0) is 50.1 Å². The van der Waals surface area contributed by atoms with E-state index >= 15 is 0 Å². The molecule has 0 aliphatic rings. The summed E-state index contributed by atoms with van der Waals surface area (Å²) in [5.41, 5.74) is 3.47. The van der Waals surface area contributed by atoms with Crippen molar-refractivity contribution >= 4 is 33.7 Å². The van der Waals surface area contributed by atoms with Crippen molar-refractivity contribution in [1.29, 1.82) is 0 Å². The van der Waals surface area contributed by atoms with E-state index in [4.69, 9.17) is 8.83 Å². The minimum Gasteiger partial charge on any atom is -0.464 e. The first-order valence-electron chi connectivity index (χ1n) is 8.60. The Labute approximate surface area is 154 Å².